The van der Waals surface area contributed by atoms with Crippen molar-refractivity contribution in [2.75, 3.05) is 13.7 Å². The first-order chi connectivity index (χ1) is 11.1. The standard InChI is InChI=1S/C18H19ClO4/c1-22-18(21)17(19)12-14-4-2-13(3-5-14)10-11-23-16-8-6-15(20)7-9-16/h2-9,17,20H,10-12H2,1H3/t17-/m1/s1. The molecule has 23 heavy (non-hydrogen) atoms. The lowest BCUT2D eigenvalue weighted by atomic mass is 10.1. The number of methoxy groups -OCH3 is 1. The minimum atomic E-state index is -0.663. The van der Waals surface area contributed by atoms with Gasteiger partial charge in [-0.05, 0) is 41.8 Å². The second-order valence-electron chi connectivity index (χ2n) is 5.10. The molecular weight excluding hydrogens is 316 g/mol. The summed E-state index contributed by atoms with van der Waals surface area (Å²) in [5, 5.41) is 8.54. The highest BCUT2D eigenvalue weighted by molar-refractivity contribution is 6.30. The quantitative estimate of drug-likeness (QED) is 0.623. The van der Waals surface area contributed by atoms with Crippen molar-refractivity contribution in [1.29, 1.82) is 0 Å². The third-order valence-corrected chi connectivity index (χ3v) is 3.72. The Labute approximate surface area is 140 Å². The highest BCUT2D eigenvalue weighted by atomic mass is 35.5. The Balaban J connectivity index is 1.80. The number of phenols is 1. The number of esters is 1. The van der Waals surface area contributed by atoms with Crippen molar-refractivity contribution in [3.05, 3.63) is 59.7 Å². The van der Waals surface area contributed by atoms with E-state index in [1.165, 1.54) is 7.11 Å². The first-order valence-corrected chi connectivity index (χ1v) is 7.73. The lowest BCUT2D eigenvalue weighted by Crippen LogP contribution is -2.18. The zero-order valence-corrected chi connectivity index (χ0v) is 13.6. The van der Waals surface area contributed by atoms with Crippen LogP contribution in [0.5, 0.6) is 11.5 Å². The van der Waals surface area contributed by atoms with E-state index in [0.717, 1.165) is 23.3 Å². The molecule has 0 saturated carbocycles. The summed E-state index contributed by atoms with van der Waals surface area (Å²) in [7, 11) is 1.33. The third kappa shape index (κ3) is 5.49. The molecule has 1 N–H and O–H groups in total. The van der Waals surface area contributed by atoms with Crippen molar-refractivity contribution < 1.29 is 19.4 Å². The van der Waals surface area contributed by atoms with Gasteiger partial charge in [-0.3, -0.25) is 4.79 Å². The number of halogens is 1. The van der Waals surface area contributed by atoms with E-state index < -0.39 is 11.3 Å². The van der Waals surface area contributed by atoms with Crippen LogP contribution in [0, 0.1) is 0 Å². The Kier molecular flexibility index (Phi) is 6.29. The van der Waals surface area contributed by atoms with E-state index in [1.807, 2.05) is 24.3 Å². The Morgan fingerprint density at radius 3 is 2.30 bits per heavy atom. The van der Waals surface area contributed by atoms with E-state index >= 15 is 0 Å². The molecule has 0 radical (unpaired) electrons. The topological polar surface area (TPSA) is 55.8 Å². The fourth-order valence-electron chi connectivity index (χ4n) is 2.09. The second kappa shape index (κ2) is 8.44. The van der Waals surface area contributed by atoms with Gasteiger partial charge in [-0.15, -0.1) is 11.6 Å². The molecule has 0 spiro atoms. The van der Waals surface area contributed by atoms with Gasteiger partial charge in [0, 0.05) is 6.42 Å². The smallest absolute Gasteiger partial charge is 0.324 e. The Morgan fingerprint density at radius 2 is 1.70 bits per heavy atom. The molecule has 0 aliphatic heterocycles. The molecule has 0 heterocycles. The Morgan fingerprint density at radius 1 is 1.09 bits per heavy atom. The molecule has 0 aliphatic carbocycles. The molecule has 2 aromatic carbocycles. The Bertz CT molecular complexity index is 622. The predicted octanol–water partition coefficient (Wildman–Crippen LogP) is 3.34. The monoisotopic (exact) mass is 334 g/mol. The fourth-order valence-corrected chi connectivity index (χ4v) is 2.36. The highest BCUT2D eigenvalue weighted by Crippen LogP contribution is 2.16. The van der Waals surface area contributed by atoms with Gasteiger partial charge in [-0.1, -0.05) is 24.3 Å². The molecule has 0 aliphatic rings. The van der Waals surface area contributed by atoms with Crippen molar-refractivity contribution in [2.24, 2.45) is 0 Å². The van der Waals surface area contributed by atoms with E-state index in [0.29, 0.717) is 13.0 Å². The molecule has 0 fully saturated rings. The summed E-state index contributed by atoms with van der Waals surface area (Å²) in [5.74, 6) is 0.526. The largest absolute Gasteiger partial charge is 0.508 e. The summed E-state index contributed by atoms with van der Waals surface area (Å²) < 4.78 is 10.2. The van der Waals surface area contributed by atoms with Gasteiger partial charge in [0.15, 0.2) is 0 Å². The summed E-state index contributed by atoms with van der Waals surface area (Å²) in [5.41, 5.74) is 2.12. The number of phenolic OH excluding ortho intramolecular Hbond substituents is 1. The first-order valence-electron chi connectivity index (χ1n) is 7.30. The average molecular weight is 335 g/mol. The van der Waals surface area contributed by atoms with Gasteiger partial charge in [0.1, 0.15) is 16.9 Å². The number of benzene rings is 2. The Hall–Kier alpha value is -2.20. The lowest BCUT2D eigenvalue weighted by molar-refractivity contribution is -0.140. The number of rotatable bonds is 7. The minimum Gasteiger partial charge on any atom is -0.508 e. The van der Waals surface area contributed by atoms with Gasteiger partial charge < -0.3 is 14.6 Å². The van der Waals surface area contributed by atoms with Crippen LogP contribution in [0.1, 0.15) is 11.1 Å². The van der Waals surface area contributed by atoms with Crippen LogP contribution in [-0.2, 0) is 22.4 Å². The number of hydrogen-bond donors (Lipinski definition) is 1. The van der Waals surface area contributed by atoms with E-state index in [-0.39, 0.29) is 5.75 Å². The van der Waals surface area contributed by atoms with Crippen molar-refractivity contribution in [3.63, 3.8) is 0 Å². The van der Waals surface area contributed by atoms with E-state index in [9.17, 15) is 9.90 Å². The van der Waals surface area contributed by atoms with Crippen LogP contribution in [0.15, 0.2) is 48.5 Å². The number of hydrogen-bond acceptors (Lipinski definition) is 4. The van der Waals surface area contributed by atoms with Gasteiger partial charge in [0.05, 0.1) is 13.7 Å². The van der Waals surface area contributed by atoms with E-state index in [1.54, 1.807) is 24.3 Å². The normalized spacial score (nSPS) is 11.7. The van der Waals surface area contributed by atoms with Crippen LogP contribution in [0.4, 0.5) is 0 Å². The highest BCUT2D eigenvalue weighted by Gasteiger charge is 2.15. The molecule has 0 amide bonds. The molecule has 0 saturated heterocycles. The van der Waals surface area contributed by atoms with Crippen LogP contribution < -0.4 is 4.74 Å². The van der Waals surface area contributed by atoms with E-state index in [4.69, 9.17) is 16.3 Å². The zero-order valence-electron chi connectivity index (χ0n) is 12.9. The first kappa shape index (κ1) is 17.2. The van der Waals surface area contributed by atoms with Gasteiger partial charge >= 0.3 is 5.97 Å². The van der Waals surface area contributed by atoms with Crippen LogP contribution >= 0.6 is 11.6 Å². The van der Waals surface area contributed by atoms with Crippen molar-refractivity contribution in [2.45, 2.75) is 18.2 Å². The molecule has 0 unspecified atom stereocenters. The summed E-state index contributed by atoms with van der Waals surface area (Å²) >= 11 is 5.96. The lowest BCUT2D eigenvalue weighted by Gasteiger charge is -2.09. The number of alkyl halides is 1. The molecule has 2 rings (SSSR count). The maximum Gasteiger partial charge on any atom is 0.324 e. The van der Waals surface area contributed by atoms with Crippen LogP contribution in [-0.4, -0.2) is 30.2 Å². The third-order valence-electron chi connectivity index (χ3n) is 3.39. The zero-order chi connectivity index (χ0) is 16.7. The van der Waals surface area contributed by atoms with Crippen LogP contribution in [0.2, 0.25) is 0 Å². The molecule has 0 bridgehead atoms. The summed E-state index contributed by atoms with van der Waals surface area (Å²) in [6.07, 6.45) is 1.21. The molecule has 4 nitrogen and oxygen atoms in total. The maximum absolute atomic E-state index is 11.3. The number of carbonyl (C=O) groups excluding carboxylic acids is 1. The number of aromatic hydroxyl groups is 1. The van der Waals surface area contributed by atoms with Gasteiger partial charge in [0.25, 0.3) is 0 Å². The summed E-state index contributed by atoms with van der Waals surface area (Å²) in [6, 6.07) is 14.5. The molecule has 0 aromatic heterocycles. The van der Waals surface area contributed by atoms with Crippen molar-refractivity contribution >= 4 is 17.6 Å². The molecule has 5 heteroatoms. The van der Waals surface area contributed by atoms with Gasteiger partial charge in [-0.25, -0.2) is 0 Å². The maximum atomic E-state index is 11.3. The molecule has 2 aromatic rings. The van der Waals surface area contributed by atoms with Gasteiger partial charge in [0.2, 0.25) is 0 Å². The molecule has 1 atom stereocenters. The molecule has 122 valence electrons. The van der Waals surface area contributed by atoms with Crippen molar-refractivity contribution in [1.82, 2.24) is 0 Å². The summed E-state index contributed by atoms with van der Waals surface area (Å²) in [6.45, 7) is 0.546. The second-order valence-corrected chi connectivity index (χ2v) is 5.63. The SMILES string of the molecule is COC(=O)[C@H](Cl)Cc1ccc(CCOc2ccc(O)cc2)cc1. The van der Waals surface area contributed by atoms with Crippen LogP contribution in [0.3, 0.4) is 0 Å². The minimum absolute atomic E-state index is 0.220. The number of carbonyl (C=O) groups is 1. The molecular formula is C18H19ClO4. The van der Waals surface area contributed by atoms with E-state index in [2.05, 4.69) is 4.74 Å². The summed E-state index contributed by atoms with van der Waals surface area (Å²) in [4.78, 5) is 11.3. The fraction of sp³-hybridized carbons (Fsp3) is 0.278. The van der Waals surface area contributed by atoms with Gasteiger partial charge in [-0.2, -0.15) is 0 Å². The predicted molar refractivity (Wildman–Crippen MR) is 89.1 cm³/mol. The van der Waals surface area contributed by atoms with Crippen molar-refractivity contribution in [3.8, 4) is 11.5 Å². The van der Waals surface area contributed by atoms with Crippen LogP contribution in [0.25, 0.3) is 0 Å². The average Bonchev–Trinajstić information content (AvgIpc) is 2.57. The number of ether oxygens (including phenoxy) is 2.